The Morgan fingerprint density at radius 2 is 2.08 bits per heavy atom. The molecule has 126 valence electrons. The van der Waals surface area contributed by atoms with Crippen LogP contribution in [0.3, 0.4) is 0 Å². The van der Waals surface area contributed by atoms with Crippen molar-refractivity contribution in [2.75, 3.05) is 5.32 Å². The van der Waals surface area contributed by atoms with Crippen LogP contribution in [0.4, 0.5) is 5.82 Å². The zero-order valence-corrected chi connectivity index (χ0v) is 14.2. The van der Waals surface area contributed by atoms with Gasteiger partial charge in [0.25, 0.3) is 0 Å². The molecule has 2 unspecified atom stereocenters. The molecule has 2 bridgehead atoms. The predicted octanol–water partition coefficient (Wildman–Crippen LogP) is 3.38. The summed E-state index contributed by atoms with van der Waals surface area (Å²) < 4.78 is 1.70. The highest BCUT2D eigenvalue weighted by Gasteiger charge is 2.34. The highest BCUT2D eigenvalue weighted by molar-refractivity contribution is 6.30. The SMILES string of the molecule is O=C(CC1CC2CCC(C1)N2)Nc1ccnn1-c1cccc(Cl)c1. The largest absolute Gasteiger partial charge is 0.311 e. The minimum Gasteiger partial charge on any atom is -0.311 e. The molecule has 2 N–H and O–H groups in total. The van der Waals surface area contributed by atoms with Crippen LogP contribution < -0.4 is 10.6 Å². The summed E-state index contributed by atoms with van der Waals surface area (Å²) in [6, 6.07) is 10.5. The molecule has 1 amide bonds. The maximum absolute atomic E-state index is 12.5. The first-order valence-electron chi connectivity index (χ1n) is 8.53. The summed E-state index contributed by atoms with van der Waals surface area (Å²) in [6.07, 6.45) is 6.99. The van der Waals surface area contributed by atoms with Crippen molar-refractivity contribution in [3.05, 3.63) is 41.6 Å². The topological polar surface area (TPSA) is 59.0 Å². The van der Waals surface area contributed by atoms with Gasteiger partial charge in [-0.3, -0.25) is 4.79 Å². The first kappa shape index (κ1) is 15.7. The number of nitrogens with zero attached hydrogens (tertiary/aromatic N) is 2. The molecule has 2 aliphatic rings. The fourth-order valence-electron chi connectivity index (χ4n) is 4.01. The highest BCUT2D eigenvalue weighted by atomic mass is 35.5. The smallest absolute Gasteiger partial charge is 0.225 e. The van der Waals surface area contributed by atoms with E-state index in [0.717, 1.165) is 18.5 Å². The Kier molecular flexibility index (Phi) is 4.29. The van der Waals surface area contributed by atoms with Gasteiger partial charge in [0.05, 0.1) is 11.9 Å². The summed E-state index contributed by atoms with van der Waals surface area (Å²) >= 11 is 6.05. The van der Waals surface area contributed by atoms with E-state index in [4.69, 9.17) is 11.6 Å². The van der Waals surface area contributed by atoms with Gasteiger partial charge in [0.1, 0.15) is 5.82 Å². The molecule has 0 saturated carbocycles. The molecule has 2 fully saturated rings. The van der Waals surface area contributed by atoms with Gasteiger partial charge in [0.15, 0.2) is 0 Å². The Hall–Kier alpha value is -1.85. The summed E-state index contributed by atoms with van der Waals surface area (Å²) in [6.45, 7) is 0. The van der Waals surface area contributed by atoms with Gasteiger partial charge in [-0.25, -0.2) is 4.68 Å². The van der Waals surface area contributed by atoms with Crippen LogP contribution in [0.5, 0.6) is 0 Å². The lowest BCUT2D eigenvalue weighted by molar-refractivity contribution is -0.117. The first-order chi connectivity index (χ1) is 11.7. The first-order valence-corrected chi connectivity index (χ1v) is 8.91. The molecule has 5 nitrogen and oxygen atoms in total. The molecule has 1 aromatic carbocycles. The predicted molar refractivity (Wildman–Crippen MR) is 94.5 cm³/mol. The lowest BCUT2D eigenvalue weighted by Gasteiger charge is -2.28. The fourth-order valence-corrected chi connectivity index (χ4v) is 4.19. The summed E-state index contributed by atoms with van der Waals surface area (Å²) in [5.41, 5.74) is 0.836. The summed E-state index contributed by atoms with van der Waals surface area (Å²) in [5.74, 6) is 1.22. The van der Waals surface area contributed by atoms with Crippen molar-refractivity contribution in [2.45, 2.75) is 44.2 Å². The van der Waals surface area contributed by atoms with Crippen molar-refractivity contribution in [3.63, 3.8) is 0 Å². The minimum absolute atomic E-state index is 0.0603. The molecule has 0 aliphatic carbocycles. The van der Waals surface area contributed by atoms with Crippen LogP contribution in [-0.2, 0) is 4.79 Å². The van der Waals surface area contributed by atoms with E-state index in [1.54, 1.807) is 10.9 Å². The van der Waals surface area contributed by atoms with Crippen molar-refractivity contribution in [1.82, 2.24) is 15.1 Å². The van der Waals surface area contributed by atoms with Gasteiger partial charge >= 0.3 is 0 Å². The van der Waals surface area contributed by atoms with Gasteiger partial charge in [0, 0.05) is 29.6 Å². The Morgan fingerprint density at radius 1 is 1.29 bits per heavy atom. The third-order valence-electron chi connectivity index (χ3n) is 5.01. The summed E-state index contributed by atoms with van der Waals surface area (Å²) in [7, 11) is 0. The Labute approximate surface area is 146 Å². The number of rotatable bonds is 4. The average Bonchev–Trinajstić information content (AvgIpc) is 3.13. The second-order valence-corrected chi connectivity index (χ2v) is 7.27. The number of halogens is 1. The number of benzene rings is 1. The van der Waals surface area contributed by atoms with Crippen molar-refractivity contribution in [3.8, 4) is 5.69 Å². The van der Waals surface area contributed by atoms with Gasteiger partial charge in [-0.15, -0.1) is 0 Å². The van der Waals surface area contributed by atoms with Crippen molar-refractivity contribution in [1.29, 1.82) is 0 Å². The lowest BCUT2D eigenvalue weighted by atomic mass is 9.89. The van der Waals surface area contributed by atoms with Crippen molar-refractivity contribution in [2.24, 2.45) is 5.92 Å². The summed E-state index contributed by atoms with van der Waals surface area (Å²) in [5, 5.41) is 11.6. The Balaban J connectivity index is 1.42. The average molecular weight is 345 g/mol. The molecular weight excluding hydrogens is 324 g/mol. The summed E-state index contributed by atoms with van der Waals surface area (Å²) in [4.78, 5) is 12.5. The number of hydrogen-bond donors (Lipinski definition) is 2. The second-order valence-electron chi connectivity index (χ2n) is 6.84. The van der Waals surface area contributed by atoms with E-state index in [1.165, 1.54) is 12.8 Å². The van der Waals surface area contributed by atoms with Crippen LogP contribution in [-0.4, -0.2) is 27.8 Å². The second kappa shape index (κ2) is 6.57. The van der Waals surface area contributed by atoms with Gasteiger partial charge in [-0.1, -0.05) is 17.7 Å². The van der Waals surface area contributed by atoms with Crippen molar-refractivity contribution >= 4 is 23.3 Å². The van der Waals surface area contributed by atoms with Gasteiger partial charge in [0.2, 0.25) is 5.91 Å². The number of nitrogens with one attached hydrogen (secondary N) is 2. The minimum atomic E-state index is 0.0603. The van der Waals surface area contributed by atoms with Crippen molar-refractivity contribution < 1.29 is 4.79 Å². The standard InChI is InChI=1S/C18H21ClN4O/c19-13-2-1-3-16(11-13)23-17(6-7-20-23)22-18(24)10-12-8-14-4-5-15(9-12)21-14/h1-3,6-7,11-12,14-15,21H,4-5,8-10H2,(H,22,24). The lowest BCUT2D eigenvalue weighted by Crippen LogP contribution is -2.39. The molecule has 2 aliphatic heterocycles. The van der Waals surface area contributed by atoms with Crippen LogP contribution >= 0.6 is 11.6 Å². The third kappa shape index (κ3) is 3.32. The van der Waals surface area contributed by atoms with E-state index in [9.17, 15) is 4.79 Å². The molecule has 2 atom stereocenters. The van der Waals surface area contributed by atoms with Gasteiger partial charge in [-0.2, -0.15) is 5.10 Å². The van der Waals surface area contributed by atoms with E-state index < -0.39 is 0 Å². The van der Waals surface area contributed by atoms with Gasteiger partial charge in [-0.05, 0) is 49.8 Å². The molecule has 1 aromatic heterocycles. The molecule has 4 rings (SSSR count). The highest BCUT2D eigenvalue weighted by Crippen LogP contribution is 2.32. The van der Waals surface area contributed by atoms with E-state index in [2.05, 4.69) is 15.7 Å². The fraction of sp³-hybridized carbons (Fsp3) is 0.444. The van der Waals surface area contributed by atoms with Crippen LogP contribution in [0.25, 0.3) is 5.69 Å². The van der Waals surface area contributed by atoms with E-state index in [-0.39, 0.29) is 5.91 Å². The zero-order chi connectivity index (χ0) is 16.5. The third-order valence-corrected chi connectivity index (χ3v) is 5.24. The Morgan fingerprint density at radius 3 is 2.83 bits per heavy atom. The maximum atomic E-state index is 12.5. The number of anilines is 1. The number of aromatic nitrogens is 2. The Bertz CT molecular complexity index is 732. The number of carbonyl (C=O) groups is 1. The van der Waals surface area contributed by atoms with E-state index >= 15 is 0 Å². The molecular formula is C18H21ClN4O. The van der Waals surface area contributed by atoms with E-state index in [1.807, 2.05) is 30.3 Å². The monoisotopic (exact) mass is 344 g/mol. The number of hydrogen-bond acceptors (Lipinski definition) is 3. The molecule has 6 heteroatoms. The molecule has 2 aromatic rings. The van der Waals surface area contributed by atoms with Crippen LogP contribution in [0.2, 0.25) is 5.02 Å². The van der Waals surface area contributed by atoms with Crippen LogP contribution in [0, 0.1) is 5.92 Å². The molecule has 0 radical (unpaired) electrons. The molecule has 24 heavy (non-hydrogen) atoms. The maximum Gasteiger partial charge on any atom is 0.225 e. The number of fused-ring (bicyclic) bond motifs is 2. The molecule has 3 heterocycles. The zero-order valence-electron chi connectivity index (χ0n) is 13.4. The normalized spacial score (nSPS) is 25.6. The van der Waals surface area contributed by atoms with Gasteiger partial charge < -0.3 is 10.6 Å². The van der Waals surface area contributed by atoms with Crippen LogP contribution in [0.15, 0.2) is 36.5 Å². The number of carbonyl (C=O) groups excluding carboxylic acids is 1. The molecule has 2 saturated heterocycles. The van der Waals surface area contributed by atoms with Crippen LogP contribution in [0.1, 0.15) is 32.1 Å². The number of amides is 1. The quantitative estimate of drug-likeness (QED) is 0.893. The number of piperidine rings is 1. The van der Waals surface area contributed by atoms with E-state index in [0.29, 0.717) is 35.3 Å². The molecule has 0 spiro atoms.